The van der Waals surface area contributed by atoms with Gasteiger partial charge < -0.3 is 0 Å². The second-order valence-corrected chi connectivity index (χ2v) is 7.68. The zero-order valence-electron chi connectivity index (χ0n) is 11.2. The molecular weight excluding hydrogens is 324 g/mol. The molecule has 0 atom stereocenters. The standard InChI is InChI=1S/C13H8N4O3S2/c1-22(19,20)12-14-6-9-10(16-12)11(18)17-8-5-3-2-4-7(8)15-13(17)21-9/h2-6H,1H3. The maximum atomic E-state index is 12.7. The third-order valence-electron chi connectivity index (χ3n) is 3.20. The number of sulfone groups is 1. The maximum absolute atomic E-state index is 12.7. The van der Waals surface area contributed by atoms with E-state index in [2.05, 4.69) is 15.0 Å². The van der Waals surface area contributed by atoms with Gasteiger partial charge in [-0.3, -0.25) is 4.79 Å². The largest absolute Gasteiger partial charge is 0.284 e. The van der Waals surface area contributed by atoms with E-state index in [4.69, 9.17) is 0 Å². The van der Waals surface area contributed by atoms with Gasteiger partial charge in [0.05, 0.1) is 15.7 Å². The van der Waals surface area contributed by atoms with Crippen LogP contribution in [0, 0.1) is 0 Å². The van der Waals surface area contributed by atoms with Crippen LogP contribution < -0.4 is 5.56 Å². The van der Waals surface area contributed by atoms with Crippen molar-refractivity contribution >= 4 is 47.4 Å². The number of nitrogens with zero attached hydrogens (tertiary/aromatic N) is 4. The van der Waals surface area contributed by atoms with Crippen LogP contribution in [0.1, 0.15) is 0 Å². The second kappa shape index (κ2) is 4.31. The normalized spacial score (nSPS) is 12.4. The van der Waals surface area contributed by atoms with E-state index in [0.717, 1.165) is 6.26 Å². The van der Waals surface area contributed by atoms with Crippen molar-refractivity contribution in [1.29, 1.82) is 0 Å². The topological polar surface area (TPSA) is 94.3 Å². The van der Waals surface area contributed by atoms with Crippen molar-refractivity contribution in [3.05, 3.63) is 40.8 Å². The fraction of sp³-hybridized carbons (Fsp3) is 0.0769. The molecule has 3 aromatic heterocycles. The molecule has 0 aliphatic carbocycles. The molecule has 0 fully saturated rings. The highest BCUT2D eigenvalue weighted by atomic mass is 32.2. The van der Waals surface area contributed by atoms with Gasteiger partial charge in [-0.15, -0.1) is 0 Å². The first-order valence-corrected chi connectivity index (χ1v) is 8.93. The molecule has 0 unspecified atom stereocenters. The van der Waals surface area contributed by atoms with Crippen LogP contribution in [0.3, 0.4) is 0 Å². The smallest absolute Gasteiger partial charge is 0.266 e. The number of benzene rings is 1. The Labute approximate surface area is 127 Å². The molecule has 3 heterocycles. The van der Waals surface area contributed by atoms with Crippen LogP contribution in [0.25, 0.3) is 26.2 Å². The summed E-state index contributed by atoms with van der Waals surface area (Å²) in [6.45, 7) is 0. The maximum Gasteiger partial charge on any atom is 0.284 e. The summed E-state index contributed by atoms with van der Waals surface area (Å²) >= 11 is 1.24. The zero-order chi connectivity index (χ0) is 15.5. The Bertz CT molecular complexity index is 1220. The fourth-order valence-corrected chi connectivity index (χ4v) is 3.68. The van der Waals surface area contributed by atoms with Crippen LogP contribution in [0.4, 0.5) is 0 Å². The third kappa shape index (κ3) is 1.82. The van der Waals surface area contributed by atoms with E-state index in [1.807, 2.05) is 18.2 Å². The number of hydrogen-bond acceptors (Lipinski definition) is 7. The predicted molar refractivity (Wildman–Crippen MR) is 83.1 cm³/mol. The molecule has 4 rings (SSSR count). The first-order chi connectivity index (χ1) is 10.4. The Kier molecular flexibility index (Phi) is 2.60. The molecular formula is C13H8N4O3S2. The molecule has 0 aliphatic heterocycles. The fourth-order valence-electron chi connectivity index (χ4n) is 2.23. The number of fused-ring (bicyclic) bond motifs is 4. The molecule has 0 aliphatic rings. The minimum Gasteiger partial charge on any atom is -0.266 e. The van der Waals surface area contributed by atoms with Crippen LogP contribution in [0.15, 0.2) is 40.4 Å². The molecule has 110 valence electrons. The molecule has 4 aromatic rings. The lowest BCUT2D eigenvalue weighted by atomic mass is 10.3. The van der Waals surface area contributed by atoms with E-state index >= 15 is 0 Å². The minimum absolute atomic E-state index is 0.0797. The Morgan fingerprint density at radius 3 is 2.73 bits per heavy atom. The molecule has 0 radical (unpaired) electrons. The van der Waals surface area contributed by atoms with Crippen molar-refractivity contribution in [2.45, 2.75) is 5.16 Å². The van der Waals surface area contributed by atoms with Crippen molar-refractivity contribution < 1.29 is 8.42 Å². The van der Waals surface area contributed by atoms with Crippen molar-refractivity contribution in [2.24, 2.45) is 0 Å². The van der Waals surface area contributed by atoms with Gasteiger partial charge in [0.25, 0.3) is 5.56 Å². The van der Waals surface area contributed by atoms with Crippen LogP contribution in [-0.4, -0.2) is 34.0 Å². The summed E-state index contributed by atoms with van der Waals surface area (Å²) in [4.78, 5) is 25.4. The summed E-state index contributed by atoms with van der Waals surface area (Å²) in [7, 11) is -3.57. The molecule has 1 aromatic carbocycles. The average Bonchev–Trinajstić information content (AvgIpc) is 2.84. The molecule has 7 nitrogen and oxygen atoms in total. The summed E-state index contributed by atoms with van der Waals surface area (Å²) in [5, 5.41) is -0.354. The van der Waals surface area contributed by atoms with Gasteiger partial charge in [-0.1, -0.05) is 23.5 Å². The van der Waals surface area contributed by atoms with Gasteiger partial charge in [-0.05, 0) is 12.1 Å². The van der Waals surface area contributed by atoms with Crippen molar-refractivity contribution in [3.63, 3.8) is 0 Å². The van der Waals surface area contributed by atoms with Crippen LogP contribution in [-0.2, 0) is 9.84 Å². The lowest BCUT2D eigenvalue weighted by molar-refractivity contribution is 0.593. The molecule has 9 heteroatoms. The molecule has 0 spiro atoms. The monoisotopic (exact) mass is 332 g/mol. The average molecular weight is 332 g/mol. The van der Waals surface area contributed by atoms with Crippen LogP contribution in [0.5, 0.6) is 0 Å². The van der Waals surface area contributed by atoms with Gasteiger partial charge >= 0.3 is 0 Å². The highest BCUT2D eigenvalue weighted by Crippen LogP contribution is 2.22. The molecule has 22 heavy (non-hydrogen) atoms. The summed E-state index contributed by atoms with van der Waals surface area (Å²) in [6.07, 6.45) is 2.36. The highest BCUT2D eigenvalue weighted by molar-refractivity contribution is 7.90. The zero-order valence-corrected chi connectivity index (χ0v) is 12.8. The van der Waals surface area contributed by atoms with Crippen LogP contribution in [0.2, 0.25) is 0 Å². The Morgan fingerprint density at radius 2 is 1.95 bits per heavy atom. The first kappa shape index (κ1) is 13.3. The van der Waals surface area contributed by atoms with Gasteiger partial charge in [-0.2, -0.15) is 0 Å². The van der Waals surface area contributed by atoms with Crippen LogP contribution >= 0.6 is 11.3 Å². The third-order valence-corrected chi connectivity index (χ3v) is 5.04. The number of para-hydroxylation sites is 2. The van der Waals surface area contributed by atoms with E-state index in [1.54, 1.807) is 6.07 Å². The Morgan fingerprint density at radius 1 is 1.18 bits per heavy atom. The lowest BCUT2D eigenvalue weighted by Gasteiger charge is -2.00. The van der Waals surface area contributed by atoms with E-state index in [-0.39, 0.29) is 10.7 Å². The van der Waals surface area contributed by atoms with Crippen molar-refractivity contribution in [2.75, 3.05) is 6.26 Å². The van der Waals surface area contributed by atoms with E-state index in [0.29, 0.717) is 20.7 Å². The summed E-state index contributed by atoms with van der Waals surface area (Å²) in [6, 6.07) is 7.25. The molecule has 0 saturated heterocycles. The summed E-state index contributed by atoms with van der Waals surface area (Å²) < 4.78 is 25.1. The number of rotatable bonds is 1. The van der Waals surface area contributed by atoms with Gasteiger partial charge in [0, 0.05) is 12.5 Å². The Hall–Kier alpha value is -2.39. The number of aromatic nitrogens is 4. The Balaban J connectivity index is 2.23. The first-order valence-electron chi connectivity index (χ1n) is 6.22. The quantitative estimate of drug-likeness (QED) is 0.487. The van der Waals surface area contributed by atoms with Gasteiger partial charge in [-0.25, -0.2) is 27.8 Å². The number of hydrogen-bond donors (Lipinski definition) is 0. The summed E-state index contributed by atoms with van der Waals surface area (Å²) in [5.74, 6) is 0. The van der Waals surface area contributed by atoms with E-state index < -0.39 is 15.4 Å². The van der Waals surface area contributed by atoms with Gasteiger partial charge in [0.2, 0.25) is 15.0 Å². The van der Waals surface area contributed by atoms with Crippen molar-refractivity contribution in [1.82, 2.24) is 19.4 Å². The lowest BCUT2D eigenvalue weighted by Crippen LogP contribution is -2.15. The molecule has 0 amide bonds. The molecule has 0 saturated carbocycles. The molecule has 0 N–H and O–H groups in total. The van der Waals surface area contributed by atoms with Crippen molar-refractivity contribution in [3.8, 4) is 0 Å². The second-order valence-electron chi connectivity index (χ2n) is 4.76. The van der Waals surface area contributed by atoms with Gasteiger partial charge in [0.1, 0.15) is 0 Å². The highest BCUT2D eigenvalue weighted by Gasteiger charge is 2.16. The van der Waals surface area contributed by atoms with E-state index in [1.165, 1.54) is 21.9 Å². The summed E-state index contributed by atoms with van der Waals surface area (Å²) in [5.41, 5.74) is 1.04. The number of imidazole rings is 1. The van der Waals surface area contributed by atoms with Gasteiger partial charge in [0.15, 0.2) is 10.5 Å². The SMILES string of the molecule is CS(=O)(=O)c1ncc2sc3nc4ccccc4n3c(=O)c2n1. The minimum atomic E-state index is -3.57. The predicted octanol–water partition coefficient (Wildman–Crippen LogP) is 1.26. The van der Waals surface area contributed by atoms with E-state index in [9.17, 15) is 13.2 Å². The molecule has 0 bridgehead atoms.